The lowest BCUT2D eigenvalue weighted by Crippen LogP contribution is -2.14. The first-order valence-electron chi connectivity index (χ1n) is 5.43. The molecule has 0 amide bonds. The van der Waals surface area contributed by atoms with Gasteiger partial charge in [0, 0.05) is 23.5 Å². The highest BCUT2D eigenvalue weighted by atomic mass is 35.5. The molecule has 0 unspecified atom stereocenters. The zero-order chi connectivity index (χ0) is 13.3. The van der Waals surface area contributed by atoms with Gasteiger partial charge in [-0.3, -0.25) is 10.4 Å². The number of nitrogen functional groups attached to an aromatic ring is 1. The van der Waals surface area contributed by atoms with Crippen LogP contribution in [0.5, 0.6) is 0 Å². The van der Waals surface area contributed by atoms with Gasteiger partial charge < -0.3 is 5.73 Å². The minimum absolute atomic E-state index is 0. The Labute approximate surface area is 116 Å². The molecule has 2 aromatic rings. The fourth-order valence-corrected chi connectivity index (χ4v) is 1.74. The molecule has 0 spiro atoms. The molecule has 0 aliphatic heterocycles. The minimum atomic E-state index is -0.406. The first kappa shape index (κ1) is 15.0. The molecule has 2 heterocycles. The Kier molecular flexibility index (Phi) is 4.56. The number of rotatable bonds is 2. The van der Waals surface area contributed by atoms with Crippen LogP contribution in [0.3, 0.4) is 0 Å². The molecule has 0 fully saturated rings. The highest BCUT2D eigenvalue weighted by Gasteiger charge is 2.14. The number of nitrogens with two attached hydrogens (primary N) is 1. The number of nitrogens with zero attached hydrogens (tertiary/aromatic N) is 2. The van der Waals surface area contributed by atoms with Gasteiger partial charge in [-0.2, -0.15) is 0 Å². The van der Waals surface area contributed by atoms with E-state index in [1.54, 1.807) is 25.4 Å². The van der Waals surface area contributed by atoms with Gasteiger partial charge in [-0.15, -0.1) is 12.4 Å². The van der Waals surface area contributed by atoms with E-state index < -0.39 is 5.82 Å². The fraction of sp³-hybridized carbons (Fsp3) is 0.154. The number of pyridine rings is 2. The Hall–Kier alpha value is -2.01. The predicted molar refractivity (Wildman–Crippen MR) is 75.2 cm³/mol. The smallest absolute Gasteiger partial charge is 0.152 e. The van der Waals surface area contributed by atoms with Crippen molar-refractivity contribution in [3.05, 3.63) is 47.3 Å². The van der Waals surface area contributed by atoms with Gasteiger partial charge in [0.05, 0.1) is 5.69 Å². The van der Waals surface area contributed by atoms with Crippen molar-refractivity contribution >= 4 is 18.2 Å². The van der Waals surface area contributed by atoms with E-state index in [2.05, 4.69) is 9.97 Å². The lowest BCUT2D eigenvalue weighted by Gasteiger charge is -2.10. The van der Waals surface area contributed by atoms with Crippen molar-refractivity contribution in [2.24, 2.45) is 5.73 Å². The van der Waals surface area contributed by atoms with Crippen molar-refractivity contribution in [2.75, 3.05) is 0 Å². The third-order valence-electron chi connectivity index (χ3n) is 2.73. The molecular weight excluding hydrogens is 267 g/mol. The summed E-state index contributed by atoms with van der Waals surface area (Å²) in [5.41, 5.74) is 7.86. The summed E-state index contributed by atoms with van der Waals surface area (Å²) in [4.78, 5) is 7.94. The molecule has 2 aromatic heterocycles. The Bertz CT molecular complexity index is 628. The Morgan fingerprint density at radius 2 is 2.00 bits per heavy atom. The predicted octanol–water partition coefficient (Wildman–Crippen LogP) is 2.61. The number of hydrogen-bond donors (Lipinski definition) is 2. The quantitative estimate of drug-likeness (QED) is 0.656. The second-order valence-electron chi connectivity index (χ2n) is 4.06. The second-order valence-corrected chi connectivity index (χ2v) is 4.06. The zero-order valence-electron chi connectivity index (χ0n) is 10.6. The van der Waals surface area contributed by atoms with Crippen molar-refractivity contribution in [3.8, 4) is 11.1 Å². The highest BCUT2D eigenvalue weighted by Crippen LogP contribution is 2.26. The lowest BCUT2D eigenvalue weighted by molar-refractivity contribution is 0.613. The van der Waals surface area contributed by atoms with Crippen LogP contribution in [0.15, 0.2) is 24.5 Å². The van der Waals surface area contributed by atoms with Crippen LogP contribution in [0.1, 0.15) is 17.0 Å². The number of aryl methyl sites for hydroxylation is 2. The number of hydrogen-bond acceptors (Lipinski definition) is 3. The first-order valence-corrected chi connectivity index (χ1v) is 5.43. The first-order chi connectivity index (χ1) is 8.50. The minimum Gasteiger partial charge on any atom is -0.382 e. The van der Waals surface area contributed by atoms with Crippen LogP contribution in [-0.2, 0) is 0 Å². The molecule has 0 saturated carbocycles. The molecular formula is C13H14ClFN4. The Morgan fingerprint density at radius 1 is 1.32 bits per heavy atom. The maximum atomic E-state index is 14.1. The average molecular weight is 281 g/mol. The number of halogens is 2. The number of amidine groups is 1. The summed E-state index contributed by atoms with van der Waals surface area (Å²) in [5, 5.41) is 7.39. The van der Waals surface area contributed by atoms with E-state index in [4.69, 9.17) is 11.1 Å². The number of aromatic nitrogens is 2. The van der Waals surface area contributed by atoms with E-state index in [1.807, 2.05) is 6.92 Å². The maximum Gasteiger partial charge on any atom is 0.152 e. The topological polar surface area (TPSA) is 75.7 Å². The molecule has 0 aromatic carbocycles. The summed E-state index contributed by atoms with van der Waals surface area (Å²) in [7, 11) is 0. The van der Waals surface area contributed by atoms with Gasteiger partial charge >= 0.3 is 0 Å². The molecule has 19 heavy (non-hydrogen) atoms. The van der Waals surface area contributed by atoms with Crippen LogP contribution in [0, 0.1) is 25.1 Å². The van der Waals surface area contributed by atoms with E-state index in [9.17, 15) is 4.39 Å². The van der Waals surface area contributed by atoms with E-state index in [0.29, 0.717) is 11.1 Å². The van der Waals surface area contributed by atoms with Crippen molar-refractivity contribution in [3.63, 3.8) is 0 Å². The molecule has 0 radical (unpaired) electrons. The van der Waals surface area contributed by atoms with Gasteiger partial charge in [-0.05, 0) is 31.5 Å². The van der Waals surface area contributed by atoms with Crippen LogP contribution < -0.4 is 5.73 Å². The van der Waals surface area contributed by atoms with Crippen LogP contribution in [0.25, 0.3) is 11.1 Å². The summed E-state index contributed by atoms with van der Waals surface area (Å²) in [5.74, 6) is -0.586. The standard InChI is InChI=1S/C13H13FN4.ClH/c1-7-3-4-17-6-10(7)9-5-11(13(15)16)18-8(2)12(9)14;/h3-6H,1-2H3,(H3,15,16);1H. The molecule has 0 saturated heterocycles. The molecule has 3 N–H and O–H groups in total. The van der Waals surface area contributed by atoms with Crippen LogP contribution in [0.4, 0.5) is 4.39 Å². The van der Waals surface area contributed by atoms with Crippen molar-refractivity contribution in [1.29, 1.82) is 5.41 Å². The summed E-state index contributed by atoms with van der Waals surface area (Å²) >= 11 is 0. The normalized spacial score (nSPS) is 9.84. The third-order valence-corrected chi connectivity index (χ3v) is 2.73. The second kappa shape index (κ2) is 5.75. The molecule has 0 atom stereocenters. The van der Waals surface area contributed by atoms with E-state index >= 15 is 0 Å². The highest BCUT2D eigenvalue weighted by molar-refractivity contribution is 5.94. The molecule has 6 heteroatoms. The van der Waals surface area contributed by atoms with E-state index in [1.165, 1.54) is 6.07 Å². The molecule has 2 rings (SSSR count). The molecule has 100 valence electrons. The third kappa shape index (κ3) is 2.88. The summed E-state index contributed by atoms with van der Waals surface area (Å²) in [6.45, 7) is 3.43. The summed E-state index contributed by atoms with van der Waals surface area (Å²) < 4.78 is 14.1. The lowest BCUT2D eigenvalue weighted by atomic mass is 10.0. The molecule has 0 aliphatic carbocycles. The molecule has 0 aliphatic rings. The van der Waals surface area contributed by atoms with Gasteiger partial charge in [0.25, 0.3) is 0 Å². The van der Waals surface area contributed by atoms with Gasteiger partial charge in [0.15, 0.2) is 5.82 Å². The van der Waals surface area contributed by atoms with Gasteiger partial charge in [0.2, 0.25) is 0 Å². The average Bonchev–Trinajstić information content (AvgIpc) is 2.33. The summed E-state index contributed by atoms with van der Waals surface area (Å²) in [6.07, 6.45) is 3.24. The van der Waals surface area contributed by atoms with Crippen LogP contribution in [0.2, 0.25) is 0 Å². The monoisotopic (exact) mass is 280 g/mol. The van der Waals surface area contributed by atoms with Crippen molar-refractivity contribution < 1.29 is 4.39 Å². The van der Waals surface area contributed by atoms with Gasteiger partial charge in [0.1, 0.15) is 11.5 Å². The van der Waals surface area contributed by atoms with Crippen LogP contribution in [-0.4, -0.2) is 15.8 Å². The van der Waals surface area contributed by atoms with Crippen LogP contribution >= 0.6 is 12.4 Å². The van der Waals surface area contributed by atoms with Gasteiger partial charge in [-0.25, -0.2) is 9.37 Å². The Balaban J connectivity index is 0.00000180. The fourth-order valence-electron chi connectivity index (χ4n) is 1.74. The maximum absolute atomic E-state index is 14.1. The summed E-state index contributed by atoms with van der Waals surface area (Å²) in [6, 6.07) is 3.28. The molecule has 4 nitrogen and oxygen atoms in total. The number of nitrogens with one attached hydrogen (secondary N) is 1. The van der Waals surface area contributed by atoms with Gasteiger partial charge in [-0.1, -0.05) is 0 Å². The largest absolute Gasteiger partial charge is 0.382 e. The zero-order valence-corrected chi connectivity index (χ0v) is 11.4. The molecule has 0 bridgehead atoms. The Morgan fingerprint density at radius 3 is 2.58 bits per heavy atom. The van der Waals surface area contributed by atoms with E-state index in [0.717, 1.165) is 5.56 Å². The van der Waals surface area contributed by atoms with E-state index in [-0.39, 0.29) is 29.6 Å². The van der Waals surface area contributed by atoms with Crippen molar-refractivity contribution in [1.82, 2.24) is 9.97 Å². The SMILES string of the molecule is Cc1ccncc1-c1cc(C(=N)N)nc(C)c1F.Cl. The van der Waals surface area contributed by atoms with Crippen molar-refractivity contribution in [2.45, 2.75) is 13.8 Å².